The van der Waals surface area contributed by atoms with Crippen LogP contribution in [0.4, 0.5) is 18.9 Å². The summed E-state index contributed by atoms with van der Waals surface area (Å²) < 4.78 is 37.8. The molecule has 1 aromatic carbocycles. The third-order valence-corrected chi connectivity index (χ3v) is 3.95. The molecule has 21 heavy (non-hydrogen) atoms. The number of nitrogens with zero attached hydrogens (tertiary/aromatic N) is 2. The molecule has 1 heterocycles. The molecular weight excluding hydrogens is 299 g/mol. The molecule has 2 aromatic rings. The summed E-state index contributed by atoms with van der Waals surface area (Å²) in [7, 11) is 0. The number of nitrogens with one attached hydrogen (secondary N) is 1. The summed E-state index contributed by atoms with van der Waals surface area (Å²) in [5.74, 6) is 0.110. The van der Waals surface area contributed by atoms with E-state index in [0.29, 0.717) is 12.2 Å². The van der Waals surface area contributed by atoms with Crippen molar-refractivity contribution in [3.8, 4) is 6.07 Å². The molecule has 0 bridgehead atoms. The summed E-state index contributed by atoms with van der Waals surface area (Å²) in [6.07, 6.45) is -2.74. The number of benzene rings is 1. The Labute approximate surface area is 124 Å². The first-order valence-corrected chi connectivity index (χ1v) is 7.04. The minimum Gasteiger partial charge on any atom is -0.383 e. The Hall–Kier alpha value is -2.07. The molecule has 0 fully saturated rings. The summed E-state index contributed by atoms with van der Waals surface area (Å²) in [5, 5.41) is 14.8. The van der Waals surface area contributed by atoms with Gasteiger partial charge in [0.15, 0.2) is 0 Å². The number of hydrogen-bond acceptors (Lipinski definition) is 4. The van der Waals surface area contributed by atoms with Crippen LogP contribution in [0.15, 0.2) is 29.8 Å². The molecule has 1 unspecified atom stereocenters. The molecule has 0 radical (unpaired) electrons. The average Bonchev–Trinajstić information content (AvgIpc) is 2.97. The van der Waals surface area contributed by atoms with Crippen molar-refractivity contribution < 1.29 is 13.2 Å². The lowest BCUT2D eigenvalue weighted by molar-refractivity contribution is -0.137. The van der Waals surface area contributed by atoms with E-state index in [1.807, 2.05) is 12.3 Å². The number of rotatable bonds is 4. The van der Waals surface area contributed by atoms with Crippen LogP contribution in [0, 0.1) is 11.3 Å². The van der Waals surface area contributed by atoms with Gasteiger partial charge in [0.1, 0.15) is 6.07 Å². The molecule has 110 valence electrons. The number of anilines is 1. The minimum atomic E-state index is -4.45. The Kier molecular flexibility index (Phi) is 4.48. The fourth-order valence-corrected chi connectivity index (χ4v) is 2.49. The van der Waals surface area contributed by atoms with Crippen LogP contribution in [0.2, 0.25) is 0 Å². The maximum atomic E-state index is 12.6. The van der Waals surface area contributed by atoms with E-state index >= 15 is 0 Å². The predicted molar refractivity (Wildman–Crippen MR) is 75.2 cm³/mol. The largest absolute Gasteiger partial charge is 0.416 e. The Morgan fingerprint density at radius 2 is 2.19 bits per heavy atom. The van der Waals surface area contributed by atoms with E-state index < -0.39 is 11.7 Å². The highest BCUT2D eigenvalue weighted by atomic mass is 32.1. The predicted octanol–water partition coefficient (Wildman–Crippen LogP) is 4.25. The van der Waals surface area contributed by atoms with Gasteiger partial charge in [0.05, 0.1) is 21.8 Å². The van der Waals surface area contributed by atoms with Crippen LogP contribution in [0.3, 0.4) is 0 Å². The zero-order valence-electron chi connectivity index (χ0n) is 11.1. The van der Waals surface area contributed by atoms with Gasteiger partial charge in [-0.2, -0.15) is 18.4 Å². The molecule has 0 aliphatic rings. The van der Waals surface area contributed by atoms with E-state index in [2.05, 4.69) is 10.3 Å². The number of alkyl halides is 3. The molecule has 3 nitrogen and oxygen atoms in total. The van der Waals surface area contributed by atoms with Gasteiger partial charge in [-0.15, -0.1) is 11.3 Å². The standard InChI is InChI=1S/C14H12F3N3S/c1-9(13-19-4-5-21-13)8-20-12-3-2-11(14(15,16)17)6-10(12)7-18/h2-6,9,20H,8H2,1H3. The zero-order chi connectivity index (χ0) is 15.5. The molecule has 1 atom stereocenters. The van der Waals surface area contributed by atoms with E-state index in [9.17, 15) is 13.2 Å². The molecular formula is C14H12F3N3S. The van der Waals surface area contributed by atoms with Gasteiger partial charge in [-0.25, -0.2) is 4.98 Å². The van der Waals surface area contributed by atoms with Gasteiger partial charge < -0.3 is 5.32 Å². The van der Waals surface area contributed by atoms with E-state index in [4.69, 9.17) is 5.26 Å². The molecule has 0 spiro atoms. The van der Waals surface area contributed by atoms with Crippen LogP contribution < -0.4 is 5.32 Å². The molecule has 0 amide bonds. The first-order chi connectivity index (χ1) is 9.91. The lowest BCUT2D eigenvalue weighted by Gasteiger charge is -2.14. The normalized spacial score (nSPS) is 12.7. The van der Waals surface area contributed by atoms with E-state index in [-0.39, 0.29) is 11.5 Å². The highest BCUT2D eigenvalue weighted by Gasteiger charge is 2.31. The summed E-state index contributed by atoms with van der Waals surface area (Å²) in [6, 6.07) is 4.91. The van der Waals surface area contributed by atoms with Gasteiger partial charge >= 0.3 is 6.18 Å². The third kappa shape index (κ3) is 3.73. The molecule has 0 saturated heterocycles. The average molecular weight is 311 g/mol. The van der Waals surface area contributed by atoms with Crippen molar-refractivity contribution in [2.75, 3.05) is 11.9 Å². The third-order valence-electron chi connectivity index (χ3n) is 2.94. The van der Waals surface area contributed by atoms with Crippen LogP contribution in [0.1, 0.15) is 29.0 Å². The SMILES string of the molecule is CC(CNc1ccc(C(F)(F)F)cc1C#N)c1nccs1. The lowest BCUT2D eigenvalue weighted by Crippen LogP contribution is -2.12. The molecule has 7 heteroatoms. The molecule has 0 aliphatic carbocycles. The molecule has 2 rings (SSSR count). The summed E-state index contributed by atoms with van der Waals surface area (Å²) in [6.45, 7) is 2.45. The van der Waals surface area contributed by atoms with Gasteiger partial charge in [-0.1, -0.05) is 6.92 Å². The first kappa shape index (κ1) is 15.3. The van der Waals surface area contributed by atoms with Gasteiger partial charge in [0.2, 0.25) is 0 Å². The van der Waals surface area contributed by atoms with Crippen molar-refractivity contribution in [3.63, 3.8) is 0 Å². The summed E-state index contributed by atoms with van der Waals surface area (Å²) >= 11 is 1.52. The first-order valence-electron chi connectivity index (χ1n) is 6.16. The smallest absolute Gasteiger partial charge is 0.383 e. The van der Waals surface area contributed by atoms with Crippen molar-refractivity contribution in [3.05, 3.63) is 45.9 Å². The molecule has 0 aliphatic heterocycles. The minimum absolute atomic E-state index is 0.0174. The van der Waals surface area contributed by atoms with Gasteiger partial charge in [-0.3, -0.25) is 0 Å². The highest BCUT2D eigenvalue weighted by Crippen LogP contribution is 2.31. The van der Waals surface area contributed by atoms with Crippen molar-refractivity contribution >= 4 is 17.0 Å². The van der Waals surface area contributed by atoms with Gasteiger partial charge in [-0.05, 0) is 18.2 Å². The number of thiazole rings is 1. The Morgan fingerprint density at radius 1 is 1.43 bits per heavy atom. The van der Waals surface area contributed by atoms with Crippen LogP contribution in [-0.4, -0.2) is 11.5 Å². The summed E-state index contributed by atoms with van der Waals surface area (Å²) in [5.41, 5.74) is -0.442. The number of halogens is 3. The fourth-order valence-electron chi connectivity index (χ4n) is 1.80. The van der Waals surface area contributed by atoms with Crippen LogP contribution >= 0.6 is 11.3 Å². The molecule has 1 N–H and O–H groups in total. The number of hydrogen-bond donors (Lipinski definition) is 1. The van der Waals surface area contributed by atoms with E-state index in [1.165, 1.54) is 17.4 Å². The van der Waals surface area contributed by atoms with Crippen LogP contribution in [0.5, 0.6) is 0 Å². The lowest BCUT2D eigenvalue weighted by atomic mass is 10.1. The maximum Gasteiger partial charge on any atom is 0.416 e. The topological polar surface area (TPSA) is 48.7 Å². The maximum absolute atomic E-state index is 12.6. The van der Waals surface area contributed by atoms with Crippen molar-refractivity contribution in [2.24, 2.45) is 0 Å². The van der Waals surface area contributed by atoms with E-state index in [1.54, 1.807) is 12.3 Å². The number of nitriles is 1. The molecule has 0 saturated carbocycles. The van der Waals surface area contributed by atoms with Crippen LogP contribution in [-0.2, 0) is 6.18 Å². The highest BCUT2D eigenvalue weighted by molar-refractivity contribution is 7.09. The quantitative estimate of drug-likeness (QED) is 0.918. The Balaban J connectivity index is 2.12. The van der Waals surface area contributed by atoms with Crippen LogP contribution in [0.25, 0.3) is 0 Å². The van der Waals surface area contributed by atoms with Crippen molar-refractivity contribution in [2.45, 2.75) is 19.0 Å². The zero-order valence-corrected chi connectivity index (χ0v) is 11.9. The van der Waals surface area contributed by atoms with Gasteiger partial charge in [0, 0.05) is 24.0 Å². The van der Waals surface area contributed by atoms with E-state index in [0.717, 1.165) is 17.1 Å². The fraction of sp³-hybridized carbons (Fsp3) is 0.286. The second-order valence-electron chi connectivity index (χ2n) is 4.52. The van der Waals surface area contributed by atoms with Crippen molar-refractivity contribution in [1.29, 1.82) is 5.26 Å². The Bertz CT molecular complexity index is 644. The molecule has 1 aromatic heterocycles. The van der Waals surface area contributed by atoms with Crippen molar-refractivity contribution in [1.82, 2.24) is 4.98 Å². The summed E-state index contributed by atoms with van der Waals surface area (Å²) in [4.78, 5) is 4.18. The second kappa shape index (κ2) is 6.14. The second-order valence-corrected chi connectivity index (χ2v) is 5.45. The monoisotopic (exact) mass is 311 g/mol. The van der Waals surface area contributed by atoms with Gasteiger partial charge in [0.25, 0.3) is 0 Å². The number of aromatic nitrogens is 1. The Morgan fingerprint density at radius 3 is 2.76 bits per heavy atom.